The number of hydrogen-bond acceptors (Lipinski definition) is 8. The largest absolute Gasteiger partial charge is 0.508 e. The van der Waals surface area contributed by atoms with Crippen molar-refractivity contribution >= 4 is 21.8 Å². The fraction of sp³-hybridized carbons (Fsp3) is 0.133. The van der Waals surface area contributed by atoms with Crippen LogP contribution in [-0.2, 0) is 16.7 Å². The van der Waals surface area contributed by atoms with Crippen molar-refractivity contribution < 1.29 is 43.3 Å². The highest BCUT2D eigenvalue weighted by molar-refractivity contribution is 7.86. The Morgan fingerprint density at radius 3 is 2.12 bits per heavy atom. The number of carboxylic acids is 1. The molecule has 0 atom stereocenters. The molecule has 26 heavy (non-hydrogen) atoms. The second kappa shape index (κ2) is 6.61. The number of phenols is 4. The summed E-state index contributed by atoms with van der Waals surface area (Å²) in [6, 6.07) is 3.43. The maximum Gasteiger partial charge on any atom is 0.339 e. The van der Waals surface area contributed by atoms with E-state index in [0.717, 1.165) is 18.2 Å². The summed E-state index contributed by atoms with van der Waals surface area (Å²) in [5, 5.41) is 48.2. The van der Waals surface area contributed by atoms with E-state index in [1.165, 1.54) is 11.9 Å². The summed E-state index contributed by atoms with van der Waals surface area (Å²) >= 11 is 0. The zero-order valence-electron chi connectivity index (χ0n) is 13.3. The highest BCUT2D eigenvalue weighted by atomic mass is 32.2. The molecular weight excluding hydrogens is 370 g/mol. The van der Waals surface area contributed by atoms with E-state index in [9.17, 15) is 33.6 Å². The van der Waals surface area contributed by atoms with Crippen LogP contribution < -0.4 is 4.90 Å². The first-order valence-electron chi connectivity index (χ1n) is 6.94. The summed E-state index contributed by atoms with van der Waals surface area (Å²) in [7, 11) is -3.32. The summed E-state index contributed by atoms with van der Waals surface area (Å²) < 4.78 is 31.2. The number of hydrogen-bond donors (Lipinski definition) is 6. The van der Waals surface area contributed by atoms with Crippen molar-refractivity contribution in [3.05, 3.63) is 35.4 Å². The normalized spacial score (nSPS) is 11.3. The zero-order valence-corrected chi connectivity index (χ0v) is 14.1. The van der Waals surface area contributed by atoms with E-state index in [2.05, 4.69) is 0 Å². The lowest BCUT2D eigenvalue weighted by Crippen LogP contribution is -2.17. The van der Waals surface area contributed by atoms with Crippen LogP contribution in [0.25, 0.3) is 0 Å². The van der Waals surface area contributed by atoms with Gasteiger partial charge in [-0.05, 0) is 12.1 Å². The van der Waals surface area contributed by atoms with Gasteiger partial charge in [-0.1, -0.05) is 0 Å². The van der Waals surface area contributed by atoms with Crippen LogP contribution in [0.5, 0.6) is 23.0 Å². The molecule has 0 heterocycles. The van der Waals surface area contributed by atoms with Crippen LogP contribution in [0.2, 0.25) is 0 Å². The topological polar surface area (TPSA) is 176 Å². The van der Waals surface area contributed by atoms with Crippen molar-refractivity contribution in [1.29, 1.82) is 0 Å². The van der Waals surface area contributed by atoms with E-state index in [0.29, 0.717) is 6.07 Å². The lowest BCUT2D eigenvalue weighted by molar-refractivity contribution is 0.0693. The summed E-state index contributed by atoms with van der Waals surface area (Å²) in [6.07, 6.45) is 0. The molecule has 0 amide bonds. The van der Waals surface area contributed by atoms with Crippen LogP contribution in [0.3, 0.4) is 0 Å². The third-order valence-electron chi connectivity index (χ3n) is 3.58. The molecule has 0 aliphatic heterocycles. The first-order valence-corrected chi connectivity index (χ1v) is 8.38. The van der Waals surface area contributed by atoms with E-state index in [1.807, 2.05) is 0 Å². The third kappa shape index (κ3) is 3.73. The molecule has 0 radical (unpaired) electrons. The van der Waals surface area contributed by atoms with Gasteiger partial charge in [-0.3, -0.25) is 4.55 Å². The van der Waals surface area contributed by atoms with Gasteiger partial charge < -0.3 is 30.4 Å². The quantitative estimate of drug-likeness (QED) is 0.323. The van der Waals surface area contributed by atoms with E-state index in [1.54, 1.807) is 0 Å². The molecule has 2 rings (SSSR count). The average Bonchev–Trinajstić information content (AvgIpc) is 2.50. The van der Waals surface area contributed by atoms with Crippen LogP contribution in [0.1, 0.15) is 15.9 Å². The molecule has 2 aromatic carbocycles. The number of nitrogens with zero attached hydrogens (tertiary/aromatic N) is 1. The molecule has 0 aromatic heterocycles. The minimum absolute atomic E-state index is 0.0453. The SMILES string of the molecule is CN(Cc1cc(O)c(C(=O)O)cc1O)c1cc(O)c(S(=O)(=O)O)cc1O. The van der Waals surface area contributed by atoms with Crippen molar-refractivity contribution in [3.8, 4) is 23.0 Å². The van der Waals surface area contributed by atoms with Gasteiger partial charge in [-0.2, -0.15) is 8.42 Å². The molecule has 2 aromatic rings. The van der Waals surface area contributed by atoms with Gasteiger partial charge in [-0.15, -0.1) is 0 Å². The highest BCUT2D eigenvalue weighted by Gasteiger charge is 2.21. The van der Waals surface area contributed by atoms with E-state index in [-0.39, 0.29) is 17.8 Å². The van der Waals surface area contributed by atoms with Gasteiger partial charge in [0.25, 0.3) is 10.1 Å². The molecule has 0 fully saturated rings. The summed E-state index contributed by atoms with van der Waals surface area (Å²) in [4.78, 5) is 11.3. The molecule has 6 N–H and O–H groups in total. The summed E-state index contributed by atoms with van der Waals surface area (Å²) in [6.45, 7) is -0.141. The van der Waals surface area contributed by atoms with Crippen LogP contribution >= 0.6 is 0 Å². The fourth-order valence-electron chi connectivity index (χ4n) is 2.32. The predicted octanol–water partition coefficient (Wildman–Crippen LogP) is 1.09. The summed E-state index contributed by atoms with van der Waals surface area (Å²) in [5.74, 6) is -3.82. The predicted molar refractivity (Wildman–Crippen MR) is 88.4 cm³/mol. The van der Waals surface area contributed by atoms with Gasteiger partial charge in [0, 0.05) is 31.3 Å². The Labute approximate surface area is 147 Å². The Hall–Kier alpha value is -3.18. The highest BCUT2D eigenvalue weighted by Crippen LogP contribution is 2.37. The minimum Gasteiger partial charge on any atom is -0.508 e. The van der Waals surface area contributed by atoms with Crippen LogP contribution in [0.4, 0.5) is 5.69 Å². The average molecular weight is 385 g/mol. The van der Waals surface area contributed by atoms with Gasteiger partial charge in [0.05, 0.1) is 5.69 Å². The number of aromatic hydroxyl groups is 4. The van der Waals surface area contributed by atoms with E-state index in [4.69, 9.17) is 9.66 Å². The van der Waals surface area contributed by atoms with Gasteiger partial charge in [0.1, 0.15) is 33.5 Å². The van der Waals surface area contributed by atoms with Gasteiger partial charge in [-0.25, -0.2) is 4.79 Å². The molecule has 0 aliphatic carbocycles. The molecule has 0 aliphatic rings. The first-order chi connectivity index (χ1) is 11.9. The Morgan fingerprint density at radius 2 is 1.58 bits per heavy atom. The van der Waals surface area contributed by atoms with Crippen LogP contribution in [0, 0.1) is 0 Å². The molecule has 11 heteroatoms. The van der Waals surface area contributed by atoms with Crippen molar-refractivity contribution in [3.63, 3.8) is 0 Å². The Bertz CT molecular complexity index is 985. The van der Waals surface area contributed by atoms with Gasteiger partial charge in [0.2, 0.25) is 0 Å². The molecule has 10 nitrogen and oxygen atoms in total. The second-order valence-corrected chi connectivity index (χ2v) is 6.83. The lowest BCUT2D eigenvalue weighted by atomic mass is 10.1. The van der Waals surface area contributed by atoms with Crippen molar-refractivity contribution in [1.82, 2.24) is 0 Å². The molecule has 0 saturated heterocycles. The van der Waals surface area contributed by atoms with Crippen LogP contribution in [0.15, 0.2) is 29.2 Å². The maximum atomic E-state index is 11.1. The summed E-state index contributed by atoms with van der Waals surface area (Å²) in [5.41, 5.74) is -0.434. The van der Waals surface area contributed by atoms with E-state index < -0.39 is 49.5 Å². The smallest absolute Gasteiger partial charge is 0.339 e. The Kier molecular flexibility index (Phi) is 4.87. The number of aromatic carboxylic acids is 1. The second-order valence-electron chi connectivity index (χ2n) is 5.44. The maximum absolute atomic E-state index is 11.1. The monoisotopic (exact) mass is 385 g/mol. The van der Waals surface area contributed by atoms with Crippen molar-refractivity contribution in [2.45, 2.75) is 11.4 Å². The Morgan fingerprint density at radius 1 is 0.962 bits per heavy atom. The molecule has 140 valence electrons. The molecule has 0 saturated carbocycles. The standard InChI is InChI=1S/C15H15NO9S/c1-16(6-7-2-11(18)8(15(21)22)3-10(7)17)9-4-13(20)14(5-12(9)19)26(23,24)25/h2-5,17-20H,6H2,1H3,(H,21,22)(H,23,24,25). The van der Waals surface area contributed by atoms with E-state index >= 15 is 0 Å². The van der Waals surface area contributed by atoms with Crippen molar-refractivity contribution in [2.75, 3.05) is 11.9 Å². The molecule has 0 bridgehead atoms. The number of anilines is 1. The number of rotatable bonds is 5. The zero-order chi connectivity index (χ0) is 19.8. The lowest BCUT2D eigenvalue weighted by Gasteiger charge is -2.22. The number of carbonyl (C=O) groups is 1. The van der Waals surface area contributed by atoms with Crippen molar-refractivity contribution in [2.24, 2.45) is 0 Å². The number of carboxylic acid groups (broad SMARTS) is 1. The number of benzene rings is 2. The molecule has 0 spiro atoms. The minimum atomic E-state index is -4.74. The van der Waals surface area contributed by atoms with Crippen LogP contribution in [-0.4, -0.2) is 51.5 Å². The van der Waals surface area contributed by atoms with Gasteiger partial charge in [0.15, 0.2) is 0 Å². The molecular formula is C15H15NO9S. The first kappa shape index (κ1) is 19.1. The van der Waals surface area contributed by atoms with Gasteiger partial charge >= 0.3 is 5.97 Å². The fourth-order valence-corrected chi connectivity index (χ4v) is 2.90. The number of phenolic OH excluding ortho intramolecular Hbond substituents is 3. The third-order valence-corrected chi connectivity index (χ3v) is 4.46. The Balaban J connectivity index is 2.40. The molecule has 0 unspecified atom stereocenters.